The minimum atomic E-state index is -0.519. The first-order chi connectivity index (χ1) is 16.0. The third-order valence-corrected chi connectivity index (χ3v) is 6.73. The predicted octanol–water partition coefficient (Wildman–Crippen LogP) is 4.15. The van der Waals surface area contributed by atoms with Crippen LogP contribution in [0.4, 0.5) is 5.69 Å². The van der Waals surface area contributed by atoms with Crippen LogP contribution in [0.15, 0.2) is 89.8 Å². The molecular formula is C25H17N3O3S2. The average Bonchev–Trinajstić information content (AvgIpc) is 3.27. The first-order valence-corrected chi connectivity index (χ1v) is 11.4. The number of carbonyl (C=O) groups excluding carboxylic acids is 3. The molecule has 0 aromatic heterocycles. The number of hydrogen-bond acceptors (Lipinski definition) is 5. The molecule has 0 unspecified atom stereocenters. The highest BCUT2D eigenvalue weighted by Crippen LogP contribution is 2.44. The molecule has 3 aromatic rings. The van der Waals surface area contributed by atoms with Crippen molar-refractivity contribution >= 4 is 57.3 Å². The highest BCUT2D eigenvalue weighted by Gasteiger charge is 2.42. The number of hydrazine groups is 1. The van der Waals surface area contributed by atoms with E-state index in [4.69, 9.17) is 12.2 Å². The summed E-state index contributed by atoms with van der Waals surface area (Å²) in [5, 5.41) is 1.04. The van der Waals surface area contributed by atoms with Crippen molar-refractivity contribution in [1.29, 1.82) is 0 Å². The maximum atomic E-state index is 13.5. The van der Waals surface area contributed by atoms with Crippen molar-refractivity contribution in [3.63, 3.8) is 0 Å². The third-order valence-electron chi connectivity index (χ3n) is 5.35. The molecule has 1 saturated heterocycles. The summed E-state index contributed by atoms with van der Waals surface area (Å²) in [6.07, 6.45) is 0. The Kier molecular flexibility index (Phi) is 5.53. The SMILES string of the molecule is O=C(NN1C(=O)/C(=C2/C(=O)N(Cc3ccccc3)c3ccccc32)SC1=S)c1ccccc1. The smallest absolute Gasteiger partial charge is 0.286 e. The molecule has 0 aliphatic carbocycles. The van der Waals surface area contributed by atoms with E-state index in [1.165, 1.54) is 0 Å². The molecule has 2 aliphatic heterocycles. The minimum absolute atomic E-state index is 0.165. The predicted molar refractivity (Wildman–Crippen MR) is 132 cm³/mol. The Labute approximate surface area is 199 Å². The standard InChI is InChI=1S/C25H17N3O3S2/c29-22(17-11-5-2-6-12-17)26-28-24(31)21(33-25(28)32)20-18-13-7-8-14-19(18)27(23(20)30)15-16-9-3-1-4-10-16/h1-14H,15H2,(H,26,29)/b21-20-. The van der Waals surface area contributed by atoms with E-state index >= 15 is 0 Å². The number of carbonyl (C=O) groups is 3. The van der Waals surface area contributed by atoms with Gasteiger partial charge in [-0.2, -0.15) is 5.01 Å². The number of benzene rings is 3. The zero-order valence-corrected chi connectivity index (χ0v) is 18.9. The van der Waals surface area contributed by atoms with Crippen molar-refractivity contribution in [3.05, 3.63) is 107 Å². The molecule has 0 spiro atoms. The van der Waals surface area contributed by atoms with Crippen molar-refractivity contribution in [2.75, 3.05) is 4.90 Å². The van der Waals surface area contributed by atoms with Crippen LogP contribution in [0, 0.1) is 0 Å². The fraction of sp³-hybridized carbons (Fsp3) is 0.0400. The van der Waals surface area contributed by atoms with E-state index in [0.717, 1.165) is 28.0 Å². The number of thioether (sulfide) groups is 1. The number of anilines is 1. The van der Waals surface area contributed by atoms with Crippen LogP contribution in [-0.4, -0.2) is 27.1 Å². The van der Waals surface area contributed by atoms with Crippen LogP contribution < -0.4 is 10.3 Å². The molecule has 0 radical (unpaired) electrons. The number of rotatable bonds is 4. The molecule has 0 saturated carbocycles. The molecule has 5 rings (SSSR count). The number of amides is 3. The lowest BCUT2D eigenvalue weighted by molar-refractivity contribution is -0.124. The summed E-state index contributed by atoms with van der Waals surface area (Å²) in [4.78, 5) is 41.2. The van der Waals surface area contributed by atoms with Crippen molar-refractivity contribution < 1.29 is 14.4 Å². The zero-order valence-electron chi connectivity index (χ0n) is 17.2. The van der Waals surface area contributed by atoms with Crippen molar-refractivity contribution in [2.45, 2.75) is 6.54 Å². The molecule has 162 valence electrons. The highest BCUT2D eigenvalue weighted by atomic mass is 32.2. The van der Waals surface area contributed by atoms with Crippen LogP contribution in [-0.2, 0) is 16.1 Å². The van der Waals surface area contributed by atoms with E-state index in [1.807, 2.05) is 54.6 Å². The normalized spacial score (nSPS) is 17.5. The fourth-order valence-electron chi connectivity index (χ4n) is 3.79. The summed E-state index contributed by atoms with van der Waals surface area (Å²) in [6, 6.07) is 25.6. The molecule has 0 bridgehead atoms. The summed E-state index contributed by atoms with van der Waals surface area (Å²) in [5.74, 6) is -1.24. The van der Waals surface area contributed by atoms with Gasteiger partial charge in [-0.25, -0.2) is 0 Å². The summed E-state index contributed by atoms with van der Waals surface area (Å²) >= 11 is 6.38. The number of hydrogen-bond donors (Lipinski definition) is 1. The molecule has 33 heavy (non-hydrogen) atoms. The third kappa shape index (κ3) is 3.83. The summed E-state index contributed by atoms with van der Waals surface area (Å²) in [6.45, 7) is 0.380. The Balaban J connectivity index is 1.48. The Bertz CT molecular complexity index is 1320. The second-order valence-corrected chi connectivity index (χ2v) is 9.06. The lowest BCUT2D eigenvalue weighted by atomic mass is 10.1. The van der Waals surface area contributed by atoms with Gasteiger partial charge in [-0.15, -0.1) is 0 Å². The summed E-state index contributed by atoms with van der Waals surface area (Å²) in [7, 11) is 0. The second-order valence-electron chi connectivity index (χ2n) is 7.41. The average molecular weight is 472 g/mol. The molecule has 6 nitrogen and oxygen atoms in total. The first kappa shape index (κ1) is 21.1. The van der Waals surface area contributed by atoms with E-state index in [0.29, 0.717) is 23.2 Å². The van der Waals surface area contributed by atoms with Gasteiger partial charge in [0, 0.05) is 11.1 Å². The largest absolute Gasteiger partial charge is 0.303 e. The Hall–Kier alpha value is -3.75. The molecular weight excluding hydrogens is 454 g/mol. The van der Waals surface area contributed by atoms with Crippen LogP contribution >= 0.6 is 24.0 Å². The molecule has 3 aromatic carbocycles. The second kappa shape index (κ2) is 8.65. The van der Waals surface area contributed by atoms with Gasteiger partial charge in [0.05, 0.1) is 22.7 Å². The van der Waals surface area contributed by atoms with E-state index < -0.39 is 11.8 Å². The molecule has 2 heterocycles. The lowest BCUT2D eigenvalue weighted by Gasteiger charge is -2.17. The Morgan fingerprint density at radius 3 is 2.21 bits per heavy atom. The van der Waals surface area contributed by atoms with Crippen molar-refractivity contribution in [1.82, 2.24) is 10.4 Å². The summed E-state index contributed by atoms with van der Waals surface area (Å²) in [5.41, 5.74) is 5.65. The van der Waals surface area contributed by atoms with Gasteiger partial charge in [0.15, 0.2) is 4.32 Å². The fourth-order valence-corrected chi connectivity index (χ4v) is 5.04. The monoisotopic (exact) mass is 471 g/mol. The lowest BCUT2D eigenvalue weighted by Crippen LogP contribution is -2.45. The molecule has 1 N–H and O–H groups in total. The summed E-state index contributed by atoms with van der Waals surface area (Å²) < 4.78 is 0.165. The molecule has 2 aliphatic rings. The number of thiocarbonyl (C=S) groups is 1. The van der Waals surface area contributed by atoms with Gasteiger partial charge < -0.3 is 4.90 Å². The maximum Gasteiger partial charge on any atom is 0.286 e. The molecule has 3 amide bonds. The van der Waals surface area contributed by atoms with Gasteiger partial charge in [-0.05, 0) is 36.0 Å². The van der Waals surface area contributed by atoms with Gasteiger partial charge in [-0.1, -0.05) is 78.5 Å². The van der Waals surface area contributed by atoms with Crippen molar-refractivity contribution in [3.8, 4) is 0 Å². The van der Waals surface area contributed by atoms with Crippen molar-refractivity contribution in [2.24, 2.45) is 0 Å². The van der Waals surface area contributed by atoms with Crippen LogP contribution in [0.25, 0.3) is 5.57 Å². The number of para-hydroxylation sites is 1. The van der Waals surface area contributed by atoms with Gasteiger partial charge in [-0.3, -0.25) is 19.8 Å². The zero-order chi connectivity index (χ0) is 22.9. The maximum absolute atomic E-state index is 13.5. The van der Waals surface area contributed by atoms with Gasteiger partial charge >= 0.3 is 0 Å². The van der Waals surface area contributed by atoms with E-state index in [2.05, 4.69) is 5.43 Å². The van der Waals surface area contributed by atoms with Gasteiger partial charge in [0.2, 0.25) is 0 Å². The highest BCUT2D eigenvalue weighted by molar-refractivity contribution is 8.26. The van der Waals surface area contributed by atoms with Crippen LogP contribution in [0.3, 0.4) is 0 Å². The van der Waals surface area contributed by atoms with E-state index in [1.54, 1.807) is 35.2 Å². The number of fused-ring (bicyclic) bond motifs is 1. The van der Waals surface area contributed by atoms with Gasteiger partial charge in [0.25, 0.3) is 17.7 Å². The van der Waals surface area contributed by atoms with Crippen LogP contribution in [0.1, 0.15) is 21.5 Å². The van der Waals surface area contributed by atoms with E-state index in [9.17, 15) is 14.4 Å². The molecule has 1 fully saturated rings. The Morgan fingerprint density at radius 2 is 1.48 bits per heavy atom. The minimum Gasteiger partial charge on any atom is -0.303 e. The van der Waals surface area contributed by atoms with Crippen LogP contribution in [0.2, 0.25) is 0 Å². The van der Waals surface area contributed by atoms with E-state index in [-0.39, 0.29) is 15.1 Å². The van der Waals surface area contributed by atoms with Crippen LogP contribution in [0.5, 0.6) is 0 Å². The van der Waals surface area contributed by atoms with Gasteiger partial charge in [0.1, 0.15) is 0 Å². The number of nitrogens with one attached hydrogen (secondary N) is 1. The molecule has 0 atom stereocenters. The Morgan fingerprint density at radius 1 is 0.848 bits per heavy atom. The molecule has 8 heteroatoms. The topological polar surface area (TPSA) is 69.7 Å². The first-order valence-electron chi connectivity index (χ1n) is 10.2. The quantitative estimate of drug-likeness (QED) is 0.457. The number of nitrogens with zero attached hydrogens (tertiary/aromatic N) is 2.